The summed E-state index contributed by atoms with van der Waals surface area (Å²) in [5, 5.41) is 3.35. The molecule has 0 amide bonds. The van der Waals surface area contributed by atoms with Gasteiger partial charge in [-0.1, -0.05) is 19.3 Å². The van der Waals surface area contributed by atoms with Gasteiger partial charge in [0.1, 0.15) is 0 Å². The Morgan fingerprint density at radius 1 is 1.11 bits per heavy atom. The van der Waals surface area contributed by atoms with Crippen LogP contribution in [0.3, 0.4) is 0 Å². The number of hydrogen-bond donors (Lipinski definition) is 1. The molecule has 1 saturated carbocycles. The average molecular weight is 287 g/mol. The van der Waals surface area contributed by atoms with Crippen LogP contribution in [0.5, 0.6) is 0 Å². The first kappa shape index (κ1) is 16.1. The molecule has 0 aromatic heterocycles. The van der Waals surface area contributed by atoms with E-state index in [1.54, 1.807) is 0 Å². The Hall–Kier alpha value is -0.0000000000000000416. The van der Waals surface area contributed by atoms with E-state index in [4.69, 9.17) is 0 Å². The second-order valence-electron chi connectivity index (χ2n) is 5.31. The van der Waals surface area contributed by atoms with Gasteiger partial charge < -0.3 is 5.32 Å². The van der Waals surface area contributed by atoms with Crippen LogP contribution in [0, 0.1) is 0 Å². The molecule has 2 rings (SSSR count). The monoisotopic (exact) mass is 286 g/mol. The summed E-state index contributed by atoms with van der Waals surface area (Å²) in [6.07, 6.45) is 0.953. The highest BCUT2D eigenvalue weighted by atomic mass is 35.5. The van der Waals surface area contributed by atoms with Crippen LogP contribution in [0.4, 0.5) is 13.2 Å². The Morgan fingerprint density at radius 3 is 2.39 bits per heavy atom. The summed E-state index contributed by atoms with van der Waals surface area (Å²) in [5.41, 5.74) is 0.0156. The minimum Gasteiger partial charge on any atom is -0.314 e. The molecular weight excluding hydrogens is 265 g/mol. The van der Waals surface area contributed by atoms with Gasteiger partial charge in [0.2, 0.25) is 0 Å². The Labute approximate surface area is 113 Å². The molecule has 0 aromatic rings. The van der Waals surface area contributed by atoms with Gasteiger partial charge in [-0.15, -0.1) is 12.4 Å². The average Bonchev–Trinajstić information content (AvgIpc) is 2.28. The molecule has 1 saturated heterocycles. The molecule has 1 aliphatic carbocycles. The maximum Gasteiger partial charge on any atom is 0.390 e. The third-order valence-corrected chi connectivity index (χ3v) is 4.13. The van der Waals surface area contributed by atoms with Crippen molar-refractivity contribution >= 4 is 12.4 Å². The maximum absolute atomic E-state index is 12.3. The number of nitrogens with zero attached hydrogens (tertiary/aromatic N) is 1. The van der Waals surface area contributed by atoms with Crippen LogP contribution >= 0.6 is 12.4 Å². The molecule has 108 valence electrons. The zero-order chi connectivity index (χ0) is 12.4. The zero-order valence-electron chi connectivity index (χ0n) is 10.6. The number of nitrogens with one attached hydrogen (secondary N) is 1. The van der Waals surface area contributed by atoms with Crippen LogP contribution in [-0.2, 0) is 0 Å². The molecule has 2 fully saturated rings. The SMILES string of the molecule is Cl.FC(F)(F)CCN1CCNCC12CCCCC2. The molecule has 1 aliphatic heterocycles. The highest BCUT2D eigenvalue weighted by Crippen LogP contribution is 2.35. The smallest absolute Gasteiger partial charge is 0.314 e. The molecule has 2 nitrogen and oxygen atoms in total. The van der Waals surface area contributed by atoms with Crippen molar-refractivity contribution in [1.29, 1.82) is 0 Å². The number of hydrogen-bond acceptors (Lipinski definition) is 2. The standard InChI is InChI=1S/C12H21F3N2.ClH/c13-12(14,15)6-8-17-9-7-16-10-11(17)4-2-1-3-5-11;/h16H,1-10H2;1H. The fraction of sp³-hybridized carbons (Fsp3) is 1.00. The van der Waals surface area contributed by atoms with E-state index in [1.165, 1.54) is 6.42 Å². The number of piperazine rings is 1. The van der Waals surface area contributed by atoms with Crippen LogP contribution in [0.15, 0.2) is 0 Å². The minimum absolute atomic E-state index is 0. The van der Waals surface area contributed by atoms with Gasteiger partial charge in [0.25, 0.3) is 0 Å². The van der Waals surface area contributed by atoms with Crippen molar-refractivity contribution in [2.45, 2.75) is 50.2 Å². The van der Waals surface area contributed by atoms with Crippen molar-refractivity contribution in [1.82, 2.24) is 10.2 Å². The van der Waals surface area contributed by atoms with Gasteiger partial charge in [-0.25, -0.2) is 0 Å². The van der Waals surface area contributed by atoms with Crippen molar-refractivity contribution in [2.24, 2.45) is 0 Å². The largest absolute Gasteiger partial charge is 0.390 e. The predicted octanol–water partition coefficient (Wildman–Crippen LogP) is 2.97. The molecule has 1 spiro atoms. The first-order valence-corrected chi connectivity index (χ1v) is 6.54. The van der Waals surface area contributed by atoms with E-state index in [-0.39, 0.29) is 24.5 Å². The van der Waals surface area contributed by atoms with Crippen LogP contribution in [0.25, 0.3) is 0 Å². The first-order valence-electron chi connectivity index (χ1n) is 6.54. The van der Waals surface area contributed by atoms with Crippen LogP contribution in [-0.4, -0.2) is 42.8 Å². The Balaban J connectivity index is 0.00000162. The molecule has 0 aromatic carbocycles. The van der Waals surface area contributed by atoms with E-state index in [1.807, 2.05) is 0 Å². The van der Waals surface area contributed by atoms with E-state index in [0.29, 0.717) is 0 Å². The maximum atomic E-state index is 12.3. The molecule has 0 atom stereocenters. The molecule has 0 radical (unpaired) electrons. The highest BCUT2D eigenvalue weighted by Gasteiger charge is 2.41. The lowest BCUT2D eigenvalue weighted by Crippen LogP contribution is -2.62. The summed E-state index contributed by atoms with van der Waals surface area (Å²) in [6, 6.07) is 0. The Morgan fingerprint density at radius 2 is 1.78 bits per heavy atom. The molecule has 1 heterocycles. The van der Waals surface area contributed by atoms with Crippen molar-refractivity contribution in [3.05, 3.63) is 0 Å². The summed E-state index contributed by atoms with van der Waals surface area (Å²) >= 11 is 0. The van der Waals surface area contributed by atoms with Crippen molar-refractivity contribution < 1.29 is 13.2 Å². The normalized spacial score (nSPS) is 24.8. The third kappa shape index (κ3) is 4.00. The lowest BCUT2D eigenvalue weighted by atomic mass is 9.79. The molecule has 2 aliphatic rings. The second-order valence-corrected chi connectivity index (χ2v) is 5.31. The van der Waals surface area contributed by atoms with Gasteiger partial charge in [0.05, 0.1) is 6.42 Å². The van der Waals surface area contributed by atoms with Crippen molar-refractivity contribution in [3.8, 4) is 0 Å². The Kier molecular flexibility index (Phi) is 5.74. The van der Waals surface area contributed by atoms with E-state index in [9.17, 15) is 13.2 Å². The number of halogens is 4. The summed E-state index contributed by atoms with van der Waals surface area (Å²) in [5.74, 6) is 0. The molecule has 0 bridgehead atoms. The lowest BCUT2D eigenvalue weighted by Gasteiger charge is -2.50. The fourth-order valence-corrected chi connectivity index (χ4v) is 3.20. The molecule has 1 N–H and O–H groups in total. The summed E-state index contributed by atoms with van der Waals surface area (Å²) in [7, 11) is 0. The molecular formula is C12H22ClF3N2. The number of rotatable bonds is 2. The topological polar surface area (TPSA) is 15.3 Å². The molecule has 0 unspecified atom stereocenters. The third-order valence-electron chi connectivity index (χ3n) is 4.13. The fourth-order valence-electron chi connectivity index (χ4n) is 3.20. The van der Waals surface area contributed by atoms with Crippen LogP contribution < -0.4 is 5.32 Å². The zero-order valence-corrected chi connectivity index (χ0v) is 11.4. The first-order chi connectivity index (χ1) is 8.02. The van der Waals surface area contributed by atoms with Crippen LogP contribution in [0.2, 0.25) is 0 Å². The van der Waals surface area contributed by atoms with Gasteiger partial charge in [-0.3, -0.25) is 4.90 Å². The number of alkyl halides is 3. The quantitative estimate of drug-likeness (QED) is 0.840. The summed E-state index contributed by atoms with van der Waals surface area (Å²) < 4.78 is 37.0. The Bertz CT molecular complexity index is 244. The van der Waals surface area contributed by atoms with Crippen molar-refractivity contribution in [2.75, 3.05) is 26.2 Å². The minimum atomic E-state index is -4.03. The summed E-state index contributed by atoms with van der Waals surface area (Å²) in [6.45, 7) is 2.62. The predicted molar refractivity (Wildman–Crippen MR) is 68.2 cm³/mol. The van der Waals surface area contributed by atoms with Gasteiger partial charge in [-0.2, -0.15) is 13.2 Å². The van der Waals surface area contributed by atoms with Gasteiger partial charge in [0, 0.05) is 31.7 Å². The van der Waals surface area contributed by atoms with Crippen molar-refractivity contribution in [3.63, 3.8) is 0 Å². The summed E-state index contributed by atoms with van der Waals surface area (Å²) in [4.78, 5) is 2.09. The van der Waals surface area contributed by atoms with Crippen LogP contribution in [0.1, 0.15) is 38.5 Å². The van der Waals surface area contributed by atoms with Gasteiger partial charge >= 0.3 is 6.18 Å². The van der Waals surface area contributed by atoms with E-state index in [0.717, 1.165) is 45.3 Å². The van der Waals surface area contributed by atoms with E-state index in [2.05, 4.69) is 10.2 Å². The lowest BCUT2D eigenvalue weighted by molar-refractivity contribution is -0.143. The van der Waals surface area contributed by atoms with E-state index < -0.39 is 12.6 Å². The van der Waals surface area contributed by atoms with Gasteiger partial charge in [0.15, 0.2) is 0 Å². The van der Waals surface area contributed by atoms with E-state index >= 15 is 0 Å². The van der Waals surface area contributed by atoms with Gasteiger partial charge in [-0.05, 0) is 12.8 Å². The highest BCUT2D eigenvalue weighted by molar-refractivity contribution is 5.85. The second kappa shape index (κ2) is 6.44. The molecule has 6 heteroatoms. The molecule has 18 heavy (non-hydrogen) atoms.